The summed E-state index contributed by atoms with van der Waals surface area (Å²) in [4.78, 5) is 12.5. The Morgan fingerprint density at radius 1 is 1.26 bits per heavy atom. The Morgan fingerprint density at radius 2 is 1.96 bits per heavy atom. The molecule has 0 saturated heterocycles. The molecule has 0 saturated carbocycles. The van der Waals surface area contributed by atoms with Gasteiger partial charge in [0.2, 0.25) is 10.0 Å². The molecule has 7 nitrogen and oxygen atoms in total. The van der Waals surface area contributed by atoms with Gasteiger partial charge in [0, 0.05) is 7.05 Å². The second-order valence-electron chi connectivity index (χ2n) is 6.10. The Morgan fingerprint density at radius 3 is 2.67 bits per heavy atom. The van der Waals surface area contributed by atoms with Gasteiger partial charge in [0.15, 0.2) is 11.5 Å². The van der Waals surface area contributed by atoms with Crippen LogP contribution in [0.3, 0.4) is 0 Å². The van der Waals surface area contributed by atoms with E-state index in [1.165, 1.54) is 25.2 Å². The number of halogens is 1. The summed E-state index contributed by atoms with van der Waals surface area (Å²) in [5, 5.41) is 2.98. The number of carbonyl (C=O) groups is 1. The lowest BCUT2D eigenvalue weighted by molar-refractivity contribution is 0.0789. The van der Waals surface area contributed by atoms with Gasteiger partial charge in [-0.15, -0.1) is 0 Å². The Balaban J connectivity index is 1.68. The molecule has 1 heterocycles. The number of benzene rings is 2. The summed E-state index contributed by atoms with van der Waals surface area (Å²) in [5.41, 5.74) is 0.528. The van der Waals surface area contributed by atoms with E-state index in [9.17, 15) is 13.2 Å². The topological polar surface area (TPSA) is 84.9 Å². The fourth-order valence-corrected chi connectivity index (χ4v) is 3.24. The fraction of sp³-hybridized carbons (Fsp3) is 0.278. The van der Waals surface area contributed by atoms with E-state index in [1.54, 1.807) is 6.07 Å². The smallest absolute Gasteiger partial charge is 0.253 e. The lowest BCUT2D eigenvalue weighted by atomic mass is 10.2. The fourth-order valence-electron chi connectivity index (χ4n) is 2.54. The molecule has 27 heavy (non-hydrogen) atoms. The third kappa shape index (κ3) is 4.45. The van der Waals surface area contributed by atoms with Crippen LogP contribution in [0.15, 0.2) is 42.5 Å². The van der Waals surface area contributed by atoms with Gasteiger partial charge in [-0.25, -0.2) is 8.42 Å². The van der Waals surface area contributed by atoms with E-state index in [1.807, 2.05) is 18.2 Å². The van der Waals surface area contributed by atoms with Crippen LogP contribution in [0.5, 0.6) is 11.5 Å². The zero-order valence-electron chi connectivity index (χ0n) is 14.8. The Labute approximate surface area is 162 Å². The zero-order valence-corrected chi connectivity index (χ0v) is 16.4. The molecule has 2 aromatic carbocycles. The summed E-state index contributed by atoms with van der Waals surface area (Å²) in [5.74, 6) is 0.864. The number of fused-ring (bicyclic) bond motifs is 1. The molecule has 2 aromatic rings. The number of hydrogen-bond donors (Lipinski definition) is 1. The third-order valence-electron chi connectivity index (χ3n) is 4.11. The van der Waals surface area contributed by atoms with Gasteiger partial charge in [0.1, 0.15) is 12.7 Å². The van der Waals surface area contributed by atoms with E-state index < -0.39 is 15.9 Å². The predicted octanol–water partition coefficient (Wildman–Crippen LogP) is 2.31. The maximum atomic E-state index is 12.5. The minimum absolute atomic E-state index is 0.182. The molecule has 0 radical (unpaired) electrons. The number of anilines is 1. The van der Waals surface area contributed by atoms with Crippen LogP contribution in [-0.4, -0.2) is 46.9 Å². The van der Waals surface area contributed by atoms with Crippen LogP contribution in [0.4, 0.5) is 5.69 Å². The van der Waals surface area contributed by atoms with Crippen molar-refractivity contribution in [2.24, 2.45) is 0 Å². The minimum Gasteiger partial charge on any atom is -0.486 e. The van der Waals surface area contributed by atoms with Crippen molar-refractivity contribution >= 4 is 33.2 Å². The number of nitrogens with one attached hydrogen (secondary N) is 1. The minimum atomic E-state index is -3.45. The van der Waals surface area contributed by atoms with Gasteiger partial charge in [0.25, 0.3) is 5.91 Å². The van der Waals surface area contributed by atoms with Gasteiger partial charge in [-0.2, -0.15) is 0 Å². The van der Waals surface area contributed by atoms with Gasteiger partial charge in [-0.3, -0.25) is 9.10 Å². The first kappa shape index (κ1) is 19.3. The first-order valence-corrected chi connectivity index (χ1v) is 10.4. The molecule has 3 rings (SSSR count). The molecule has 1 unspecified atom stereocenters. The third-order valence-corrected chi connectivity index (χ3v) is 5.65. The summed E-state index contributed by atoms with van der Waals surface area (Å²) in [6.07, 6.45) is 0.740. The summed E-state index contributed by atoms with van der Waals surface area (Å²) in [6.45, 7) is 0.525. The van der Waals surface area contributed by atoms with Crippen LogP contribution < -0.4 is 19.1 Å². The molecule has 1 amide bonds. The number of nitrogens with zero attached hydrogens (tertiary/aromatic N) is 1. The first-order chi connectivity index (χ1) is 12.8. The lowest BCUT2D eigenvalue weighted by Crippen LogP contribution is -2.40. The van der Waals surface area contributed by atoms with Crippen LogP contribution in [0, 0.1) is 0 Å². The standard InChI is InChI=1S/C18H19ClN2O5S/c1-21(27(2,23)24)12-7-8-15(19)14(9-12)18(22)20-10-13-11-25-16-5-3-4-6-17(16)26-13/h3-9,13H,10-11H2,1-2H3,(H,20,22). The van der Waals surface area contributed by atoms with Gasteiger partial charge in [0.05, 0.1) is 29.1 Å². The largest absolute Gasteiger partial charge is 0.486 e. The second kappa shape index (κ2) is 7.66. The molecule has 1 atom stereocenters. The van der Waals surface area contributed by atoms with Crippen molar-refractivity contribution in [3.05, 3.63) is 53.1 Å². The molecular formula is C18H19ClN2O5S. The Kier molecular flexibility index (Phi) is 5.48. The van der Waals surface area contributed by atoms with Crippen LogP contribution in [0.2, 0.25) is 5.02 Å². The maximum absolute atomic E-state index is 12.5. The maximum Gasteiger partial charge on any atom is 0.253 e. The van der Waals surface area contributed by atoms with E-state index in [-0.39, 0.29) is 23.2 Å². The number of para-hydroxylation sites is 2. The Bertz CT molecular complexity index is 964. The average Bonchev–Trinajstić information content (AvgIpc) is 2.65. The molecule has 1 aliphatic heterocycles. The summed E-state index contributed by atoms with van der Waals surface area (Å²) in [6, 6.07) is 11.8. The van der Waals surface area contributed by atoms with Crippen molar-refractivity contribution < 1.29 is 22.7 Å². The van der Waals surface area contributed by atoms with Gasteiger partial charge in [-0.05, 0) is 30.3 Å². The monoisotopic (exact) mass is 410 g/mol. The number of rotatable bonds is 5. The van der Waals surface area contributed by atoms with Crippen LogP contribution >= 0.6 is 11.6 Å². The second-order valence-corrected chi connectivity index (χ2v) is 8.52. The highest BCUT2D eigenvalue weighted by molar-refractivity contribution is 7.92. The summed E-state index contributed by atoms with van der Waals surface area (Å²) in [7, 11) is -2.04. The Hall–Kier alpha value is -2.45. The molecule has 1 N–H and O–H groups in total. The van der Waals surface area contributed by atoms with Crippen LogP contribution in [-0.2, 0) is 10.0 Å². The first-order valence-electron chi connectivity index (χ1n) is 8.16. The van der Waals surface area contributed by atoms with E-state index in [4.69, 9.17) is 21.1 Å². The van der Waals surface area contributed by atoms with Crippen molar-refractivity contribution in [1.29, 1.82) is 0 Å². The van der Waals surface area contributed by atoms with Gasteiger partial charge < -0.3 is 14.8 Å². The zero-order chi connectivity index (χ0) is 19.6. The number of ether oxygens (including phenoxy) is 2. The molecule has 0 spiro atoms. The van der Waals surface area contributed by atoms with Crippen molar-refractivity contribution in [3.8, 4) is 11.5 Å². The van der Waals surface area contributed by atoms with E-state index in [0.717, 1.165) is 10.6 Å². The summed E-state index contributed by atoms with van der Waals surface area (Å²) < 4.78 is 35.9. The van der Waals surface area contributed by atoms with Crippen LogP contribution in [0.25, 0.3) is 0 Å². The number of amides is 1. The van der Waals surface area contributed by atoms with Crippen LogP contribution in [0.1, 0.15) is 10.4 Å². The number of hydrogen-bond acceptors (Lipinski definition) is 5. The normalized spacial score (nSPS) is 15.9. The van der Waals surface area contributed by atoms with Gasteiger partial charge in [-0.1, -0.05) is 23.7 Å². The highest BCUT2D eigenvalue weighted by atomic mass is 35.5. The quantitative estimate of drug-likeness (QED) is 0.817. The van der Waals surface area contributed by atoms with Crippen molar-refractivity contribution in [1.82, 2.24) is 5.32 Å². The molecule has 0 aliphatic carbocycles. The highest BCUT2D eigenvalue weighted by Crippen LogP contribution is 2.30. The lowest BCUT2D eigenvalue weighted by Gasteiger charge is -2.26. The van der Waals surface area contributed by atoms with Crippen molar-refractivity contribution in [2.45, 2.75) is 6.10 Å². The van der Waals surface area contributed by atoms with Gasteiger partial charge >= 0.3 is 0 Å². The highest BCUT2D eigenvalue weighted by Gasteiger charge is 2.22. The number of carbonyl (C=O) groups excluding carboxylic acids is 1. The van der Waals surface area contributed by atoms with Crippen molar-refractivity contribution in [2.75, 3.05) is 30.8 Å². The molecule has 1 aliphatic rings. The predicted molar refractivity (Wildman–Crippen MR) is 103 cm³/mol. The van der Waals surface area contributed by atoms with E-state index >= 15 is 0 Å². The summed E-state index contributed by atoms with van der Waals surface area (Å²) >= 11 is 6.11. The van der Waals surface area contributed by atoms with Crippen molar-refractivity contribution in [3.63, 3.8) is 0 Å². The van der Waals surface area contributed by atoms with E-state index in [2.05, 4.69) is 5.32 Å². The molecule has 0 aromatic heterocycles. The molecule has 0 fully saturated rings. The molecule has 0 bridgehead atoms. The average molecular weight is 411 g/mol. The molecule has 144 valence electrons. The molecule has 9 heteroatoms. The van der Waals surface area contributed by atoms with E-state index in [0.29, 0.717) is 23.8 Å². The number of sulfonamides is 1. The SMILES string of the molecule is CN(c1ccc(Cl)c(C(=O)NCC2COc3ccccc3O2)c1)S(C)(=O)=O. The molecular weight excluding hydrogens is 392 g/mol.